The Morgan fingerprint density at radius 2 is 2.27 bits per heavy atom. The molecule has 0 radical (unpaired) electrons. The van der Waals surface area contributed by atoms with Crippen molar-refractivity contribution in [2.45, 2.75) is 19.3 Å². The zero-order valence-corrected chi connectivity index (χ0v) is 10.0. The lowest BCUT2D eigenvalue weighted by molar-refractivity contribution is 0.750. The van der Waals surface area contributed by atoms with Gasteiger partial charge in [-0.05, 0) is 30.9 Å². The molecule has 3 N–H and O–H groups in total. The Hall–Kier alpha value is -0.900. The van der Waals surface area contributed by atoms with E-state index in [0.717, 1.165) is 12.2 Å². The molecule has 0 amide bonds. The highest BCUT2D eigenvalue weighted by Gasteiger charge is 1.93. The Bertz CT molecular complexity index is 278. The molecule has 0 bridgehead atoms. The van der Waals surface area contributed by atoms with Gasteiger partial charge in [0.05, 0.1) is 0 Å². The molecule has 0 spiro atoms. The van der Waals surface area contributed by atoms with Gasteiger partial charge in [0.25, 0.3) is 0 Å². The van der Waals surface area contributed by atoms with Crippen molar-refractivity contribution in [2.75, 3.05) is 29.6 Å². The van der Waals surface area contributed by atoms with Crippen LogP contribution in [0.5, 0.6) is 0 Å². The summed E-state index contributed by atoms with van der Waals surface area (Å²) in [7, 11) is 0. The van der Waals surface area contributed by atoms with Gasteiger partial charge in [0.1, 0.15) is 5.82 Å². The predicted molar refractivity (Wildman–Crippen MR) is 69.4 cm³/mol. The van der Waals surface area contributed by atoms with Gasteiger partial charge in [-0.2, -0.15) is 11.8 Å². The number of nitrogens with zero attached hydrogens (tertiary/aromatic N) is 1. The summed E-state index contributed by atoms with van der Waals surface area (Å²) in [5.41, 5.74) is 6.64. The van der Waals surface area contributed by atoms with Crippen LogP contribution in [0, 0.1) is 0 Å². The van der Waals surface area contributed by atoms with Crippen molar-refractivity contribution >= 4 is 23.3 Å². The number of rotatable bonds is 7. The minimum absolute atomic E-state index is 0.572. The van der Waals surface area contributed by atoms with Gasteiger partial charge >= 0.3 is 0 Å². The highest BCUT2D eigenvalue weighted by atomic mass is 32.2. The minimum atomic E-state index is 0.572. The first kappa shape index (κ1) is 12.2. The van der Waals surface area contributed by atoms with Crippen molar-refractivity contribution in [3.63, 3.8) is 0 Å². The zero-order chi connectivity index (χ0) is 10.9. The Kier molecular flexibility index (Phi) is 6.00. The number of pyridine rings is 1. The number of hydrogen-bond donors (Lipinski definition) is 2. The third kappa shape index (κ3) is 5.52. The molecule has 84 valence electrons. The monoisotopic (exact) mass is 225 g/mol. The Morgan fingerprint density at radius 3 is 3.00 bits per heavy atom. The van der Waals surface area contributed by atoms with Gasteiger partial charge in [0.2, 0.25) is 0 Å². The molecule has 0 atom stereocenters. The number of nitrogen functional groups attached to an aromatic ring is 1. The van der Waals surface area contributed by atoms with Crippen LogP contribution in [0.4, 0.5) is 11.5 Å². The van der Waals surface area contributed by atoms with E-state index in [0.29, 0.717) is 5.82 Å². The topological polar surface area (TPSA) is 50.9 Å². The van der Waals surface area contributed by atoms with Crippen molar-refractivity contribution in [1.29, 1.82) is 0 Å². The first-order valence-electron chi connectivity index (χ1n) is 5.27. The number of anilines is 2. The fraction of sp³-hybridized carbons (Fsp3) is 0.545. The van der Waals surface area contributed by atoms with Crippen LogP contribution in [0.2, 0.25) is 0 Å². The maximum Gasteiger partial charge on any atom is 0.125 e. The summed E-state index contributed by atoms with van der Waals surface area (Å²) in [5.74, 6) is 1.84. The molecule has 15 heavy (non-hydrogen) atoms. The van der Waals surface area contributed by atoms with E-state index >= 15 is 0 Å². The van der Waals surface area contributed by atoms with Crippen molar-refractivity contribution in [3.8, 4) is 0 Å². The van der Waals surface area contributed by atoms with Gasteiger partial charge in [0.15, 0.2) is 0 Å². The number of nitrogens with one attached hydrogen (secondary N) is 1. The van der Waals surface area contributed by atoms with Crippen LogP contribution in [0.25, 0.3) is 0 Å². The van der Waals surface area contributed by atoms with E-state index in [1.54, 1.807) is 6.20 Å². The molecule has 3 nitrogen and oxygen atoms in total. The van der Waals surface area contributed by atoms with Crippen LogP contribution < -0.4 is 11.1 Å². The summed E-state index contributed by atoms with van der Waals surface area (Å²) in [4.78, 5) is 3.94. The molecule has 0 unspecified atom stereocenters. The van der Waals surface area contributed by atoms with E-state index in [1.165, 1.54) is 25.0 Å². The normalized spacial score (nSPS) is 10.2. The Morgan fingerprint density at radius 1 is 1.40 bits per heavy atom. The lowest BCUT2D eigenvalue weighted by Crippen LogP contribution is -2.02. The lowest BCUT2D eigenvalue weighted by Gasteiger charge is -2.06. The average molecular weight is 225 g/mol. The molecule has 4 heteroatoms. The highest BCUT2D eigenvalue weighted by molar-refractivity contribution is 7.98. The molecule has 1 heterocycles. The second kappa shape index (κ2) is 7.40. The second-order valence-electron chi connectivity index (χ2n) is 3.45. The van der Waals surface area contributed by atoms with Crippen molar-refractivity contribution in [3.05, 3.63) is 18.3 Å². The number of unbranched alkanes of at least 4 members (excludes halogenated alkanes) is 2. The van der Waals surface area contributed by atoms with Crippen LogP contribution in [-0.2, 0) is 0 Å². The van der Waals surface area contributed by atoms with Crippen LogP contribution in [0.3, 0.4) is 0 Å². The fourth-order valence-electron chi connectivity index (χ4n) is 1.34. The summed E-state index contributed by atoms with van der Waals surface area (Å²) in [6, 6.07) is 3.81. The molecule has 1 rings (SSSR count). The van der Waals surface area contributed by atoms with Gasteiger partial charge in [-0.3, -0.25) is 0 Å². The van der Waals surface area contributed by atoms with Crippen molar-refractivity contribution in [1.82, 2.24) is 4.98 Å². The zero-order valence-electron chi connectivity index (χ0n) is 9.20. The summed E-state index contributed by atoms with van der Waals surface area (Å²) < 4.78 is 0. The molecule has 1 aromatic heterocycles. The van der Waals surface area contributed by atoms with Crippen LogP contribution in [0.15, 0.2) is 18.3 Å². The van der Waals surface area contributed by atoms with E-state index in [2.05, 4.69) is 16.6 Å². The molecule has 0 aromatic carbocycles. The van der Waals surface area contributed by atoms with Gasteiger partial charge in [-0.1, -0.05) is 6.42 Å². The average Bonchev–Trinajstić information content (AvgIpc) is 2.23. The van der Waals surface area contributed by atoms with Crippen LogP contribution in [0.1, 0.15) is 19.3 Å². The summed E-state index contributed by atoms with van der Waals surface area (Å²) in [6.45, 7) is 1.01. The molecular weight excluding hydrogens is 206 g/mol. The summed E-state index contributed by atoms with van der Waals surface area (Å²) in [5, 5.41) is 3.34. The standard InChI is InChI=1S/C11H19N3S/c1-15-8-4-2-3-6-13-10-5-7-14-11(12)9-10/h5,7,9H,2-4,6,8H2,1H3,(H3,12,13,14). The summed E-state index contributed by atoms with van der Waals surface area (Å²) >= 11 is 1.91. The number of aromatic nitrogens is 1. The van der Waals surface area contributed by atoms with Crippen molar-refractivity contribution in [2.24, 2.45) is 0 Å². The largest absolute Gasteiger partial charge is 0.385 e. The maximum absolute atomic E-state index is 5.57. The van der Waals surface area contributed by atoms with E-state index in [4.69, 9.17) is 5.73 Å². The molecule has 0 saturated heterocycles. The van der Waals surface area contributed by atoms with E-state index < -0.39 is 0 Å². The van der Waals surface area contributed by atoms with Crippen molar-refractivity contribution < 1.29 is 0 Å². The number of nitrogens with two attached hydrogens (primary N) is 1. The number of thioether (sulfide) groups is 1. The molecule has 0 aliphatic rings. The fourth-order valence-corrected chi connectivity index (χ4v) is 1.83. The van der Waals surface area contributed by atoms with Crippen LogP contribution in [-0.4, -0.2) is 23.5 Å². The molecule has 0 saturated carbocycles. The smallest absolute Gasteiger partial charge is 0.125 e. The molecular formula is C11H19N3S. The van der Waals surface area contributed by atoms with Gasteiger partial charge < -0.3 is 11.1 Å². The molecule has 0 aliphatic carbocycles. The quantitative estimate of drug-likeness (QED) is 0.700. The third-order valence-electron chi connectivity index (χ3n) is 2.14. The molecule has 1 aromatic rings. The van der Waals surface area contributed by atoms with E-state index in [9.17, 15) is 0 Å². The van der Waals surface area contributed by atoms with Gasteiger partial charge in [0, 0.05) is 24.5 Å². The Labute approximate surface area is 95.9 Å². The molecule has 0 fully saturated rings. The Balaban J connectivity index is 2.10. The van der Waals surface area contributed by atoms with Crippen LogP contribution >= 0.6 is 11.8 Å². The molecule has 0 aliphatic heterocycles. The maximum atomic E-state index is 5.57. The van der Waals surface area contributed by atoms with E-state index in [-0.39, 0.29) is 0 Å². The van der Waals surface area contributed by atoms with E-state index in [1.807, 2.05) is 23.9 Å². The lowest BCUT2D eigenvalue weighted by atomic mass is 10.2. The minimum Gasteiger partial charge on any atom is -0.385 e. The SMILES string of the molecule is CSCCCCCNc1ccnc(N)c1. The highest BCUT2D eigenvalue weighted by Crippen LogP contribution is 2.09. The van der Waals surface area contributed by atoms with Gasteiger partial charge in [-0.25, -0.2) is 4.98 Å². The third-order valence-corrected chi connectivity index (χ3v) is 2.83. The second-order valence-corrected chi connectivity index (χ2v) is 4.44. The number of hydrogen-bond acceptors (Lipinski definition) is 4. The first-order chi connectivity index (χ1) is 7.33. The first-order valence-corrected chi connectivity index (χ1v) is 6.66. The van der Waals surface area contributed by atoms with Gasteiger partial charge in [-0.15, -0.1) is 0 Å². The summed E-state index contributed by atoms with van der Waals surface area (Å²) in [6.07, 6.45) is 7.68. The predicted octanol–water partition coefficient (Wildman–Crippen LogP) is 2.61.